The lowest BCUT2D eigenvalue weighted by molar-refractivity contribution is -2.00. The van der Waals surface area contributed by atoms with Crippen molar-refractivity contribution in [1.82, 2.24) is 0 Å². The normalized spacial score (nSPS) is 12.4. The van der Waals surface area contributed by atoms with E-state index in [1.165, 1.54) is 32.0 Å². The van der Waals surface area contributed by atoms with E-state index in [0.29, 0.717) is 0 Å². The lowest BCUT2D eigenvalue weighted by atomic mass is 9.85. The lowest BCUT2D eigenvalue weighted by Gasteiger charge is -2.20. The molecule has 0 aliphatic heterocycles. The molecule has 33 heavy (non-hydrogen) atoms. The van der Waals surface area contributed by atoms with Crippen LogP contribution in [0.3, 0.4) is 0 Å². The van der Waals surface area contributed by atoms with Gasteiger partial charge in [-0.3, -0.25) is 0 Å². The molecule has 0 fully saturated rings. The van der Waals surface area contributed by atoms with E-state index in [0.717, 1.165) is 0 Å². The minimum atomic E-state index is -4.94. The van der Waals surface area contributed by atoms with Crippen LogP contribution in [-0.4, -0.2) is 0 Å². The summed E-state index contributed by atoms with van der Waals surface area (Å²) in [5.74, 6) is 0. The Morgan fingerprint density at radius 3 is 1.67 bits per heavy atom. The van der Waals surface area contributed by atoms with Crippen molar-refractivity contribution in [1.29, 1.82) is 0 Å². The molecule has 0 aliphatic carbocycles. The van der Waals surface area contributed by atoms with Gasteiger partial charge in [0.2, 0.25) is 21.1 Å². The maximum atomic E-state index is 8.49. The van der Waals surface area contributed by atoms with Gasteiger partial charge in [-0.1, -0.05) is 96.1 Å². The van der Waals surface area contributed by atoms with Crippen molar-refractivity contribution in [2.24, 2.45) is 0 Å². The second kappa shape index (κ2) is 10.9. The third-order valence-corrected chi connectivity index (χ3v) is 6.32. The molecule has 0 amide bonds. The van der Waals surface area contributed by atoms with Crippen LogP contribution in [0.4, 0.5) is 0 Å². The van der Waals surface area contributed by atoms with E-state index in [4.69, 9.17) is 18.6 Å². The minimum absolute atomic E-state index is 0.147. The molecular weight excluding hydrogens is 456 g/mol. The zero-order valence-corrected chi connectivity index (χ0v) is 21.5. The fourth-order valence-electron chi connectivity index (χ4n) is 3.00. The minimum Gasteiger partial charge on any atom is -0.222 e. The molecule has 2 aromatic carbocycles. The van der Waals surface area contributed by atoms with Crippen LogP contribution < -0.4 is 18.6 Å². The highest BCUT2D eigenvalue weighted by Crippen LogP contribution is 2.34. The Bertz CT molecular complexity index is 1020. The van der Waals surface area contributed by atoms with E-state index < -0.39 is 10.2 Å². The van der Waals surface area contributed by atoms with E-state index in [1.54, 1.807) is 0 Å². The second-order valence-electron chi connectivity index (χ2n) is 9.81. The smallest absolute Gasteiger partial charge is 0.222 e. The zero-order chi connectivity index (χ0) is 24.9. The van der Waals surface area contributed by atoms with Crippen molar-refractivity contribution in [3.8, 4) is 11.1 Å². The molecule has 0 atom stereocenters. The molecule has 3 aromatic rings. The number of rotatable bonds is 3. The lowest BCUT2D eigenvalue weighted by Crippen LogP contribution is -2.68. The van der Waals surface area contributed by atoms with Crippen LogP contribution in [0, 0.1) is 10.2 Å². The van der Waals surface area contributed by atoms with E-state index in [-0.39, 0.29) is 10.8 Å². The summed E-state index contributed by atoms with van der Waals surface area (Å²) < 4.78 is 34.0. The van der Waals surface area contributed by atoms with Gasteiger partial charge in [0.1, 0.15) is 0 Å². The largest absolute Gasteiger partial charge is 0.231 e. The second-order valence-corrected chi connectivity index (χ2v) is 11.7. The number of hydrogen-bond donors (Lipinski definition) is 0. The van der Waals surface area contributed by atoms with Gasteiger partial charge >= 0.3 is 0 Å². The Morgan fingerprint density at radius 1 is 0.667 bits per heavy atom. The molecular formula is C27H31ClO4S. The molecule has 0 bridgehead atoms. The van der Waals surface area contributed by atoms with E-state index in [2.05, 4.69) is 120 Å². The van der Waals surface area contributed by atoms with Crippen LogP contribution in [-0.2, 0) is 10.8 Å². The Hall–Kier alpha value is -2.12. The fraction of sp³-hybridized carbons (Fsp3) is 0.296. The summed E-state index contributed by atoms with van der Waals surface area (Å²) in [6, 6.07) is 24.0. The van der Waals surface area contributed by atoms with Gasteiger partial charge in [-0.05, 0) is 33.7 Å². The number of halogens is 1. The van der Waals surface area contributed by atoms with Gasteiger partial charge in [0.25, 0.3) is 0 Å². The standard InChI is InChI=1S/C27H31S.ClHO4/c1-26(2,3)23-18-24(28-25(19-23)27(4,5)6)17-14-20-12-15-22(16-13-20)21-10-8-7-9-11-21;2-1(3,4)5/h7-19H,1-6H3;(H,2,3,4,5)/q+1;/p-1/b17-14+;. The quantitative estimate of drug-likeness (QED) is 0.527. The highest BCUT2D eigenvalue weighted by Gasteiger charge is 2.28. The number of hydrogen-bond acceptors (Lipinski definition) is 4. The average molecular weight is 487 g/mol. The molecule has 0 spiro atoms. The summed E-state index contributed by atoms with van der Waals surface area (Å²) in [5.41, 5.74) is 5.44. The molecule has 176 valence electrons. The summed E-state index contributed by atoms with van der Waals surface area (Å²) in [6.07, 6.45) is 4.48. The van der Waals surface area contributed by atoms with Gasteiger partial charge in [0.15, 0.2) is 0 Å². The van der Waals surface area contributed by atoms with E-state index in [9.17, 15) is 0 Å². The summed E-state index contributed by atoms with van der Waals surface area (Å²) in [7, 11) is -4.94. The SMILES string of the molecule is CC(C)(C)c1cc(/C=C/c2ccc(-c3ccccc3)cc2)[s+]c(C(C)(C)C)c1.[O-][Cl+3]([O-])([O-])[O-]. The zero-order valence-electron chi connectivity index (χ0n) is 19.9. The summed E-state index contributed by atoms with van der Waals surface area (Å²) in [6.45, 7) is 13.7. The predicted octanol–water partition coefficient (Wildman–Crippen LogP) is 3.71. The summed E-state index contributed by atoms with van der Waals surface area (Å²) in [4.78, 5) is 2.74. The maximum absolute atomic E-state index is 8.49. The Labute approximate surface area is 203 Å². The molecule has 4 nitrogen and oxygen atoms in total. The molecule has 0 saturated heterocycles. The van der Waals surface area contributed by atoms with Gasteiger partial charge in [0.05, 0.1) is 0 Å². The van der Waals surface area contributed by atoms with Gasteiger partial charge in [-0.25, -0.2) is 18.6 Å². The van der Waals surface area contributed by atoms with Crippen LogP contribution in [0.5, 0.6) is 0 Å². The first-order chi connectivity index (χ1) is 15.1. The van der Waals surface area contributed by atoms with Crippen LogP contribution in [0.1, 0.15) is 62.4 Å². The van der Waals surface area contributed by atoms with Crippen LogP contribution in [0.25, 0.3) is 23.3 Å². The predicted molar refractivity (Wildman–Crippen MR) is 127 cm³/mol. The first-order valence-corrected chi connectivity index (χ1v) is 12.6. The average Bonchev–Trinajstić information content (AvgIpc) is 2.71. The third-order valence-electron chi connectivity index (χ3n) is 4.88. The molecule has 1 heterocycles. The summed E-state index contributed by atoms with van der Waals surface area (Å²) in [5, 5.41) is 0. The van der Waals surface area contributed by atoms with Gasteiger partial charge in [-0.2, -0.15) is 0 Å². The van der Waals surface area contributed by atoms with Gasteiger partial charge in [-0.15, -0.1) is 10.2 Å². The molecule has 0 unspecified atom stereocenters. The molecule has 3 rings (SSSR count). The number of benzene rings is 2. The Morgan fingerprint density at radius 2 is 1.18 bits per heavy atom. The maximum Gasteiger partial charge on any atom is 0.231 e. The van der Waals surface area contributed by atoms with Crippen molar-refractivity contribution in [3.63, 3.8) is 0 Å². The molecule has 0 N–H and O–H groups in total. The van der Waals surface area contributed by atoms with Crippen molar-refractivity contribution >= 4 is 23.5 Å². The van der Waals surface area contributed by atoms with Crippen LogP contribution in [0.2, 0.25) is 0 Å². The molecule has 0 radical (unpaired) electrons. The Kier molecular flexibility index (Phi) is 8.94. The highest BCUT2D eigenvalue weighted by atomic mass is 35.7. The van der Waals surface area contributed by atoms with Crippen molar-refractivity contribution in [3.05, 3.63) is 87.6 Å². The van der Waals surface area contributed by atoms with Crippen molar-refractivity contribution < 1.29 is 28.9 Å². The monoisotopic (exact) mass is 486 g/mol. The third kappa shape index (κ3) is 9.72. The molecule has 1 aromatic heterocycles. The van der Waals surface area contributed by atoms with Crippen molar-refractivity contribution in [2.45, 2.75) is 52.4 Å². The van der Waals surface area contributed by atoms with Crippen LogP contribution in [0.15, 0.2) is 66.7 Å². The molecule has 0 aliphatic rings. The topological polar surface area (TPSA) is 92.2 Å². The Balaban J connectivity index is 0.000000696. The van der Waals surface area contributed by atoms with Gasteiger partial charge < -0.3 is 0 Å². The van der Waals surface area contributed by atoms with E-state index >= 15 is 0 Å². The fourth-order valence-corrected chi connectivity index (χ4v) is 4.07. The summed E-state index contributed by atoms with van der Waals surface area (Å²) >= 11 is 1.89. The molecule has 0 saturated carbocycles. The highest BCUT2D eigenvalue weighted by molar-refractivity contribution is 7.12. The van der Waals surface area contributed by atoms with Gasteiger partial charge in [0, 0.05) is 23.6 Å². The van der Waals surface area contributed by atoms with E-state index in [1.807, 2.05) is 11.3 Å². The molecule has 6 heteroatoms. The van der Waals surface area contributed by atoms with Crippen LogP contribution >= 0.6 is 11.3 Å². The first-order valence-electron chi connectivity index (χ1n) is 10.6. The van der Waals surface area contributed by atoms with Crippen molar-refractivity contribution in [2.75, 3.05) is 0 Å². The first kappa shape index (κ1) is 27.1.